The maximum atomic E-state index is 13.8. The number of pyridine rings is 1. The number of nitrogens with zero attached hydrogens (tertiary/aromatic N) is 2. The van der Waals surface area contributed by atoms with Crippen LogP contribution in [0.1, 0.15) is 25.5 Å². The fourth-order valence-electron chi connectivity index (χ4n) is 2.89. The fraction of sp³-hybridized carbons (Fsp3) is 0.412. The molecule has 116 valence electrons. The summed E-state index contributed by atoms with van der Waals surface area (Å²) in [4.78, 5) is 18.1. The Hall–Kier alpha value is -2.01. The fourth-order valence-corrected chi connectivity index (χ4v) is 2.89. The van der Waals surface area contributed by atoms with Gasteiger partial charge >= 0.3 is 0 Å². The van der Waals surface area contributed by atoms with E-state index in [0.29, 0.717) is 18.5 Å². The molecule has 0 saturated carbocycles. The van der Waals surface area contributed by atoms with Gasteiger partial charge in [0.1, 0.15) is 11.3 Å². The summed E-state index contributed by atoms with van der Waals surface area (Å²) >= 11 is 0. The summed E-state index contributed by atoms with van der Waals surface area (Å²) in [5.41, 5.74) is 1.19. The molecule has 3 rings (SSSR count). The summed E-state index contributed by atoms with van der Waals surface area (Å²) < 4.78 is 13.8. The molecule has 1 fully saturated rings. The van der Waals surface area contributed by atoms with Gasteiger partial charge < -0.3 is 10.2 Å². The number of para-hydroxylation sites is 1. The van der Waals surface area contributed by atoms with E-state index in [9.17, 15) is 9.18 Å². The topological polar surface area (TPSA) is 45.2 Å². The highest BCUT2D eigenvalue weighted by Gasteiger charge is 2.28. The average Bonchev–Trinajstić information content (AvgIpc) is 2.86. The quantitative estimate of drug-likeness (QED) is 0.923. The zero-order valence-corrected chi connectivity index (χ0v) is 12.7. The number of fused-ring (bicyclic) bond motifs is 1. The van der Waals surface area contributed by atoms with Crippen molar-refractivity contribution in [2.24, 2.45) is 0 Å². The minimum atomic E-state index is -0.301. The minimum absolute atomic E-state index is 0.150. The Balaban J connectivity index is 1.65. The summed E-state index contributed by atoms with van der Waals surface area (Å²) in [7, 11) is 0. The van der Waals surface area contributed by atoms with Gasteiger partial charge in [-0.2, -0.15) is 0 Å². The Bertz CT molecular complexity index is 689. The lowest BCUT2D eigenvalue weighted by molar-refractivity contribution is -0.127. The van der Waals surface area contributed by atoms with Crippen LogP contribution in [0.3, 0.4) is 0 Å². The molecule has 2 aromatic rings. The van der Waals surface area contributed by atoms with E-state index in [1.54, 1.807) is 6.07 Å². The van der Waals surface area contributed by atoms with Gasteiger partial charge in [-0.05, 0) is 18.6 Å². The highest BCUT2D eigenvalue weighted by Crippen LogP contribution is 2.16. The van der Waals surface area contributed by atoms with Crippen LogP contribution in [0.4, 0.5) is 4.39 Å². The monoisotopic (exact) mass is 301 g/mol. The van der Waals surface area contributed by atoms with E-state index < -0.39 is 0 Å². The van der Waals surface area contributed by atoms with Crippen molar-refractivity contribution < 1.29 is 9.18 Å². The molecule has 1 aliphatic rings. The maximum absolute atomic E-state index is 13.8. The number of likely N-dealkylation sites (tertiary alicyclic amines) is 1. The van der Waals surface area contributed by atoms with E-state index in [2.05, 4.69) is 17.2 Å². The van der Waals surface area contributed by atoms with Crippen LogP contribution < -0.4 is 5.32 Å². The molecule has 1 atom stereocenters. The molecular formula is C17H20FN3O. The number of benzene rings is 1. The van der Waals surface area contributed by atoms with Crippen molar-refractivity contribution in [1.29, 1.82) is 0 Å². The summed E-state index contributed by atoms with van der Waals surface area (Å²) in [6, 6.07) is 8.88. The van der Waals surface area contributed by atoms with Crippen LogP contribution in [-0.4, -0.2) is 34.9 Å². The van der Waals surface area contributed by atoms with Crippen molar-refractivity contribution in [3.05, 3.63) is 41.8 Å². The molecule has 0 radical (unpaired) electrons. The van der Waals surface area contributed by atoms with Crippen LogP contribution in [0.2, 0.25) is 0 Å². The molecule has 1 unspecified atom stereocenters. The van der Waals surface area contributed by atoms with E-state index >= 15 is 0 Å². The zero-order valence-electron chi connectivity index (χ0n) is 12.7. The largest absolute Gasteiger partial charge is 0.341 e. The second kappa shape index (κ2) is 6.40. The van der Waals surface area contributed by atoms with Gasteiger partial charge in [0.2, 0.25) is 5.91 Å². The normalized spacial score (nSPS) is 18.4. The van der Waals surface area contributed by atoms with Crippen molar-refractivity contribution in [2.75, 3.05) is 13.1 Å². The highest BCUT2D eigenvalue weighted by molar-refractivity contribution is 5.79. The molecule has 0 aliphatic carbocycles. The van der Waals surface area contributed by atoms with E-state index in [0.717, 1.165) is 30.6 Å². The lowest BCUT2D eigenvalue weighted by Crippen LogP contribution is -2.33. The zero-order chi connectivity index (χ0) is 15.5. The molecule has 5 heteroatoms. The van der Waals surface area contributed by atoms with E-state index in [1.807, 2.05) is 23.1 Å². The first-order valence-electron chi connectivity index (χ1n) is 7.72. The van der Waals surface area contributed by atoms with Gasteiger partial charge in [-0.15, -0.1) is 0 Å². The number of rotatable bonds is 5. The third-order valence-corrected chi connectivity index (χ3v) is 4.01. The molecule has 1 aromatic heterocycles. The van der Waals surface area contributed by atoms with Crippen LogP contribution in [0.5, 0.6) is 0 Å². The Morgan fingerprint density at radius 3 is 3.05 bits per heavy atom. The summed E-state index contributed by atoms with van der Waals surface area (Å²) in [5, 5.41) is 4.15. The van der Waals surface area contributed by atoms with E-state index in [-0.39, 0.29) is 17.8 Å². The van der Waals surface area contributed by atoms with Gasteiger partial charge in [-0.1, -0.05) is 25.1 Å². The van der Waals surface area contributed by atoms with E-state index in [4.69, 9.17) is 0 Å². The summed E-state index contributed by atoms with van der Waals surface area (Å²) in [5.74, 6) is -0.0959. The number of halogens is 1. The minimum Gasteiger partial charge on any atom is -0.341 e. The predicted molar refractivity (Wildman–Crippen MR) is 83.8 cm³/mol. The smallest absolute Gasteiger partial charge is 0.224 e. The number of amides is 1. The lowest BCUT2D eigenvalue weighted by Gasteiger charge is -2.16. The lowest BCUT2D eigenvalue weighted by atomic mass is 10.2. The molecule has 1 saturated heterocycles. The molecule has 0 bridgehead atoms. The second-order valence-electron chi connectivity index (χ2n) is 5.74. The van der Waals surface area contributed by atoms with Crippen LogP contribution in [0.25, 0.3) is 10.9 Å². The number of nitrogens with one attached hydrogen (secondary N) is 1. The van der Waals surface area contributed by atoms with Gasteiger partial charge in [0.05, 0.1) is 5.69 Å². The SMILES string of the molecule is CCCN1CC(NCc2ccc3cccc(F)c3n2)CC1=O. The van der Waals surface area contributed by atoms with Crippen molar-refractivity contribution in [2.45, 2.75) is 32.4 Å². The predicted octanol–water partition coefficient (Wildman–Crippen LogP) is 2.47. The van der Waals surface area contributed by atoms with Crippen LogP contribution >= 0.6 is 0 Å². The van der Waals surface area contributed by atoms with Crippen molar-refractivity contribution >= 4 is 16.8 Å². The third kappa shape index (κ3) is 3.09. The van der Waals surface area contributed by atoms with Gasteiger partial charge in [0.15, 0.2) is 0 Å². The van der Waals surface area contributed by atoms with Gasteiger partial charge in [0.25, 0.3) is 0 Å². The maximum Gasteiger partial charge on any atom is 0.224 e. The van der Waals surface area contributed by atoms with E-state index in [1.165, 1.54) is 6.07 Å². The number of hydrogen-bond donors (Lipinski definition) is 1. The number of aromatic nitrogens is 1. The summed E-state index contributed by atoms with van der Waals surface area (Å²) in [6.07, 6.45) is 1.51. The molecule has 1 N–H and O–H groups in total. The molecule has 1 aromatic carbocycles. The van der Waals surface area contributed by atoms with Crippen molar-refractivity contribution in [3.8, 4) is 0 Å². The Morgan fingerprint density at radius 1 is 1.36 bits per heavy atom. The first-order valence-corrected chi connectivity index (χ1v) is 7.72. The third-order valence-electron chi connectivity index (χ3n) is 4.01. The van der Waals surface area contributed by atoms with Gasteiger partial charge in [-0.3, -0.25) is 4.79 Å². The van der Waals surface area contributed by atoms with Crippen LogP contribution in [-0.2, 0) is 11.3 Å². The summed E-state index contributed by atoms with van der Waals surface area (Å²) in [6.45, 7) is 4.18. The molecule has 22 heavy (non-hydrogen) atoms. The molecule has 4 nitrogen and oxygen atoms in total. The highest BCUT2D eigenvalue weighted by atomic mass is 19.1. The average molecular weight is 301 g/mol. The molecular weight excluding hydrogens is 281 g/mol. The molecule has 1 amide bonds. The Kier molecular flexibility index (Phi) is 4.34. The molecule has 0 spiro atoms. The van der Waals surface area contributed by atoms with Crippen molar-refractivity contribution in [3.63, 3.8) is 0 Å². The first-order chi connectivity index (χ1) is 10.7. The number of carbonyl (C=O) groups excluding carboxylic acids is 1. The molecule has 1 aliphatic heterocycles. The number of hydrogen-bond acceptors (Lipinski definition) is 3. The van der Waals surface area contributed by atoms with Crippen LogP contribution in [0, 0.1) is 5.82 Å². The van der Waals surface area contributed by atoms with Gasteiger partial charge in [-0.25, -0.2) is 9.37 Å². The van der Waals surface area contributed by atoms with Crippen molar-refractivity contribution in [1.82, 2.24) is 15.2 Å². The second-order valence-corrected chi connectivity index (χ2v) is 5.74. The van der Waals surface area contributed by atoms with Crippen LogP contribution in [0.15, 0.2) is 30.3 Å². The first kappa shape index (κ1) is 14.9. The standard InChI is InChI=1S/C17H20FN3O/c1-2-8-21-11-14(9-16(21)22)19-10-13-7-6-12-4-3-5-15(18)17(12)20-13/h3-7,14,19H,2,8-11H2,1H3. The van der Waals surface area contributed by atoms with Gasteiger partial charge in [0, 0.05) is 37.5 Å². The number of carbonyl (C=O) groups is 1. The molecule has 2 heterocycles. The Labute approximate surface area is 129 Å². The Morgan fingerprint density at radius 2 is 2.23 bits per heavy atom.